The van der Waals surface area contributed by atoms with E-state index in [1.54, 1.807) is 31.2 Å². The van der Waals surface area contributed by atoms with E-state index < -0.39 is 11.9 Å². The zero-order valence-corrected chi connectivity index (χ0v) is 7.97. The molecule has 0 unspecified atom stereocenters. The molecule has 0 N–H and O–H groups in total. The van der Waals surface area contributed by atoms with Gasteiger partial charge in [0.05, 0.1) is 6.61 Å². The molecule has 0 saturated carbocycles. The molecule has 0 aliphatic rings. The van der Waals surface area contributed by atoms with Gasteiger partial charge in [0.1, 0.15) is 12.2 Å². The van der Waals surface area contributed by atoms with Crippen molar-refractivity contribution in [3.63, 3.8) is 0 Å². The minimum atomic E-state index is -0.795. The van der Waals surface area contributed by atoms with Gasteiger partial charge in [-0.25, -0.2) is 0 Å². The Bertz CT molecular complexity index is 306. The number of hydrogen-bond donors (Lipinski definition) is 0. The Morgan fingerprint density at radius 2 is 2.07 bits per heavy atom. The number of carbonyl (C=O) groups is 2. The molecule has 0 fully saturated rings. The summed E-state index contributed by atoms with van der Waals surface area (Å²) >= 11 is 0. The zero-order valence-electron chi connectivity index (χ0n) is 7.97. The van der Waals surface area contributed by atoms with Crippen molar-refractivity contribution < 1.29 is 14.3 Å². The minimum absolute atomic E-state index is 0.288. The predicted molar refractivity (Wildman–Crippen MR) is 51.9 cm³/mol. The summed E-state index contributed by atoms with van der Waals surface area (Å²) in [6, 6.07) is 8.86. The van der Waals surface area contributed by atoms with E-state index in [0.717, 1.165) is 0 Å². The van der Waals surface area contributed by atoms with Crippen LogP contribution in [0.25, 0.3) is 0 Å². The Labute approximate surface area is 82.7 Å². The standard InChI is InChI=1S/C11H12O3/c1-2-14-11(13)10(8-12)9-6-4-3-5-7-9/h3-8,10H,2H2,1H3/t10-/m1/s1. The van der Waals surface area contributed by atoms with Crippen LogP contribution in [-0.2, 0) is 14.3 Å². The molecule has 0 spiro atoms. The maximum absolute atomic E-state index is 11.3. The van der Waals surface area contributed by atoms with Crippen LogP contribution in [0.15, 0.2) is 30.3 Å². The van der Waals surface area contributed by atoms with E-state index >= 15 is 0 Å². The van der Waals surface area contributed by atoms with Crippen molar-refractivity contribution in [2.24, 2.45) is 0 Å². The molecule has 0 saturated heterocycles. The lowest BCUT2D eigenvalue weighted by Crippen LogP contribution is -2.16. The molecule has 14 heavy (non-hydrogen) atoms. The second-order valence-corrected chi connectivity index (χ2v) is 2.78. The van der Waals surface area contributed by atoms with Crippen LogP contribution in [0.3, 0.4) is 0 Å². The van der Waals surface area contributed by atoms with Gasteiger partial charge >= 0.3 is 5.97 Å². The molecule has 0 bridgehead atoms. The second-order valence-electron chi connectivity index (χ2n) is 2.78. The zero-order chi connectivity index (χ0) is 10.4. The highest BCUT2D eigenvalue weighted by molar-refractivity contribution is 5.94. The highest BCUT2D eigenvalue weighted by Gasteiger charge is 2.20. The van der Waals surface area contributed by atoms with Gasteiger partial charge in [0, 0.05) is 0 Å². The molecule has 74 valence electrons. The average Bonchev–Trinajstić information content (AvgIpc) is 2.21. The van der Waals surface area contributed by atoms with Crippen molar-refractivity contribution in [1.29, 1.82) is 0 Å². The van der Waals surface area contributed by atoms with Crippen LogP contribution < -0.4 is 0 Å². The molecule has 3 nitrogen and oxygen atoms in total. The third kappa shape index (κ3) is 2.42. The van der Waals surface area contributed by atoms with E-state index in [1.165, 1.54) is 0 Å². The average molecular weight is 192 g/mol. The SMILES string of the molecule is CCOC(=O)[C@H](C=O)c1ccccc1. The van der Waals surface area contributed by atoms with E-state index in [1.807, 2.05) is 6.07 Å². The normalized spacial score (nSPS) is 11.8. The Morgan fingerprint density at radius 3 is 2.57 bits per heavy atom. The Morgan fingerprint density at radius 1 is 1.43 bits per heavy atom. The maximum atomic E-state index is 11.3. The molecule has 1 atom stereocenters. The van der Waals surface area contributed by atoms with Crippen molar-refractivity contribution in [3.05, 3.63) is 35.9 Å². The lowest BCUT2D eigenvalue weighted by molar-refractivity contribution is -0.146. The molecule has 0 radical (unpaired) electrons. The molecule has 0 aliphatic carbocycles. The smallest absolute Gasteiger partial charge is 0.320 e. The van der Waals surface area contributed by atoms with E-state index in [-0.39, 0.29) is 6.61 Å². The summed E-state index contributed by atoms with van der Waals surface area (Å²) < 4.78 is 4.78. The first-order valence-corrected chi connectivity index (χ1v) is 4.46. The lowest BCUT2D eigenvalue weighted by atomic mass is 10.0. The highest BCUT2D eigenvalue weighted by atomic mass is 16.5. The fraction of sp³-hybridized carbons (Fsp3) is 0.273. The van der Waals surface area contributed by atoms with Crippen LogP contribution in [-0.4, -0.2) is 18.9 Å². The van der Waals surface area contributed by atoms with Gasteiger partial charge in [0.2, 0.25) is 0 Å². The molecular weight excluding hydrogens is 180 g/mol. The van der Waals surface area contributed by atoms with Crippen molar-refractivity contribution in [2.45, 2.75) is 12.8 Å². The second kappa shape index (κ2) is 5.17. The van der Waals surface area contributed by atoms with Crippen molar-refractivity contribution in [3.8, 4) is 0 Å². The fourth-order valence-corrected chi connectivity index (χ4v) is 1.16. The van der Waals surface area contributed by atoms with Crippen LogP contribution in [0.5, 0.6) is 0 Å². The molecule has 1 aromatic rings. The third-order valence-corrected chi connectivity index (χ3v) is 1.84. The molecule has 1 rings (SSSR count). The number of hydrogen-bond acceptors (Lipinski definition) is 3. The van der Waals surface area contributed by atoms with Crippen molar-refractivity contribution in [1.82, 2.24) is 0 Å². The molecule has 0 heterocycles. The summed E-state index contributed by atoms with van der Waals surface area (Å²) in [4.78, 5) is 22.0. The third-order valence-electron chi connectivity index (χ3n) is 1.84. The summed E-state index contributed by atoms with van der Waals surface area (Å²) in [5.41, 5.74) is 0.668. The van der Waals surface area contributed by atoms with Gasteiger partial charge in [0.25, 0.3) is 0 Å². The highest BCUT2D eigenvalue weighted by Crippen LogP contribution is 2.14. The first-order chi connectivity index (χ1) is 6.79. The van der Waals surface area contributed by atoms with Gasteiger partial charge in [-0.3, -0.25) is 4.79 Å². The van der Waals surface area contributed by atoms with Gasteiger partial charge in [-0.1, -0.05) is 30.3 Å². The first-order valence-electron chi connectivity index (χ1n) is 4.46. The summed E-state index contributed by atoms with van der Waals surface area (Å²) in [5, 5.41) is 0. The van der Waals surface area contributed by atoms with Crippen LogP contribution in [0.4, 0.5) is 0 Å². The Balaban J connectivity index is 2.82. The fourth-order valence-electron chi connectivity index (χ4n) is 1.16. The van der Waals surface area contributed by atoms with Gasteiger partial charge in [0.15, 0.2) is 0 Å². The molecular formula is C11H12O3. The van der Waals surface area contributed by atoms with Crippen LogP contribution in [0.2, 0.25) is 0 Å². The lowest BCUT2D eigenvalue weighted by Gasteiger charge is -2.08. The molecule has 0 aliphatic heterocycles. The summed E-state index contributed by atoms with van der Waals surface area (Å²) in [5.74, 6) is -1.29. The van der Waals surface area contributed by atoms with E-state index in [9.17, 15) is 9.59 Å². The molecule has 1 aromatic carbocycles. The van der Waals surface area contributed by atoms with Crippen LogP contribution in [0.1, 0.15) is 18.4 Å². The van der Waals surface area contributed by atoms with Crippen LogP contribution in [0, 0.1) is 0 Å². The first kappa shape index (κ1) is 10.4. The number of carbonyl (C=O) groups excluding carboxylic acids is 2. The van der Waals surface area contributed by atoms with Gasteiger partial charge in [-0.15, -0.1) is 0 Å². The largest absolute Gasteiger partial charge is 0.465 e. The molecule has 0 amide bonds. The quantitative estimate of drug-likeness (QED) is 0.413. The number of ether oxygens (including phenoxy) is 1. The summed E-state index contributed by atoms with van der Waals surface area (Å²) in [6.07, 6.45) is 0.604. The predicted octanol–water partition coefficient (Wildman–Crippen LogP) is 1.53. The van der Waals surface area contributed by atoms with Crippen LogP contribution >= 0.6 is 0 Å². The Kier molecular flexibility index (Phi) is 3.85. The summed E-state index contributed by atoms with van der Waals surface area (Å²) in [6.45, 7) is 2.00. The number of esters is 1. The number of benzene rings is 1. The maximum Gasteiger partial charge on any atom is 0.320 e. The Hall–Kier alpha value is -1.64. The minimum Gasteiger partial charge on any atom is -0.465 e. The van der Waals surface area contributed by atoms with Gasteiger partial charge in [-0.05, 0) is 12.5 Å². The topological polar surface area (TPSA) is 43.4 Å². The van der Waals surface area contributed by atoms with Crippen molar-refractivity contribution in [2.75, 3.05) is 6.61 Å². The van der Waals surface area contributed by atoms with E-state index in [0.29, 0.717) is 11.8 Å². The number of rotatable bonds is 4. The number of aldehydes is 1. The summed E-state index contributed by atoms with van der Waals surface area (Å²) in [7, 11) is 0. The molecule has 3 heteroatoms. The molecule has 0 aromatic heterocycles. The van der Waals surface area contributed by atoms with E-state index in [4.69, 9.17) is 4.74 Å². The van der Waals surface area contributed by atoms with Gasteiger partial charge in [-0.2, -0.15) is 0 Å². The monoisotopic (exact) mass is 192 g/mol. The van der Waals surface area contributed by atoms with E-state index in [2.05, 4.69) is 0 Å². The van der Waals surface area contributed by atoms with Gasteiger partial charge < -0.3 is 9.53 Å². The van der Waals surface area contributed by atoms with Crippen molar-refractivity contribution >= 4 is 12.3 Å².